The van der Waals surface area contributed by atoms with Crippen molar-refractivity contribution >= 4 is 15.9 Å². The molecule has 0 saturated carbocycles. The van der Waals surface area contributed by atoms with Crippen molar-refractivity contribution in [2.24, 2.45) is 7.05 Å². The molecule has 15 heavy (non-hydrogen) atoms. The predicted molar refractivity (Wildman–Crippen MR) is 63.2 cm³/mol. The van der Waals surface area contributed by atoms with Crippen LogP contribution in [0.15, 0.2) is 12.4 Å². The Morgan fingerprint density at radius 2 is 2.47 bits per heavy atom. The maximum atomic E-state index is 5.94. The minimum absolute atomic E-state index is 0.00127. The molecule has 1 saturated heterocycles. The van der Waals surface area contributed by atoms with Gasteiger partial charge in [0.25, 0.3) is 0 Å². The Labute approximate surface area is 98.9 Å². The lowest BCUT2D eigenvalue weighted by Gasteiger charge is -2.35. The van der Waals surface area contributed by atoms with Crippen molar-refractivity contribution in [3.8, 4) is 0 Å². The third-order valence-corrected chi connectivity index (χ3v) is 3.99. The van der Waals surface area contributed by atoms with Crippen LogP contribution in [0.5, 0.6) is 0 Å². The van der Waals surface area contributed by atoms with Crippen LogP contribution < -0.4 is 0 Å². The molecule has 1 unspecified atom stereocenters. The lowest BCUT2D eigenvalue weighted by Crippen LogP contribution is -2.40. The highest BCUT2D eigenvalue weighted by Gasteiger charge is 2.32. The van der Waals surface area contributed by atoms with Gasteiger partial charge in [-0.3, -0.25) is 4.68 Å². The quantitative estimate of drug-likeness (QED) is 0.790. The fraction of sp³-hybridized carbons (Fsp3) is 0.727. The number of aromatic nitrogens is 2. The fourth-order valence-electron chi connectivity index (χ4n) is 2.14. The summed E-state index contributed by atoms with van der Waals surface area (Å²) in [4.78, 5) is 0. The van der Waals surface area contributed by atoms with Gasteiger partial charge in [-0.05, 0) is 24.8 Å². The molecular weight excluding hydrogens is 256 g/mol. The summed E-state index contributed by atoms with van der Waals surface area (Å²) in [6, 6.07) is 0. The lowest BCUT2D eigenvalue weighted by atomic mass is 9.90. The van der Waals surface area contributed by atoms with Crippen molar-refractivity contribution in [3.05, 3.63) is 18.0 Å². The molecule has 1 aromatic heterocycles. The molecule has 1 atom stereocenters. The molecule has 0 radical (unpaired) electrons. The van der Waals surface area contributed by atoms with E-state index in [1.807, 2.05) is 17.9 Å². The van der Waals surface area contributed by atoms with Crippen LogP contribution in [0.25, 0.3) is 0 Å². The Balaban J connectivity index is 2.06. The first-order valence-electron chi connectivity index (χ1n) is 5.42. The van der Waals surface area contributed by atoms with E-state index >= 15 is 0 Å². The number of alkyl halides is 1. The van der Waals surface area contributed by atoms with Gasteiger partial charge in [0.1, 0.15) is 0 Å². The zero-order valence-corrected chi connectivity index (χ0v) is 10.7. The van der Waals surface area contributed by atoms with Crippen LogP contribution in [-0.4, -0.2) is 27.3 Å². The molecule has 0 aliphatic carbocycles. The monoisotopic (exact) mass is 272 g/mol. The predicted octanol–water partition coefficient (Wildman–Crippen LogP) is 2.30. The van der Waals surface area contributed by atoms with Gasteiger partial charge in [-0.15, -0.1) is 0 Å². The van der Waals surface area contributed by atoms with E-state index in [-0.39, 0.29) is 5.60 Å². The Morgan fingerprint density at radius 1 is 1.60 bits per heavy atom. The van der Waals surface area contributed by atoms with Crippen LogP contribution in [0.4, 0.5) is 0 Å². The second-order valence-corrected chi connectivity index (χ2v) is 4.88. The summed E-state index contributed by atoms with van der Waals surface area (Å²) in [5.41, 5.74) is 1.26. The van der Waals surface area contributed by atoms with E-state index in [0.717, 1.165) is 24.8 Å². The molecule has 0 N–H and O–H groups in total. The van der Waals surface area contributed by atoms with Gasteiger partial charge >= 0.3 is 0 Å². The van der Waals surface area contributed by atoms with E-state index in [1.165, 1.54) is 18.4 Å². The van der Waals surface area contributed by atoms with Crippen molar-refractivity contribution in [1.29, 1.82) is 0 Å². The fourth-order valence-corrected chi connectivity index (χ4v) is 2.78. The summed E-state index contributed by atoms with van der Waals surface area (Å²) in [6.45, 7) is 0.895. The zero-order chi connectivity index (χ0) is 10.7. The van der Waals surface area contributed by atoms with Gasteiger partial charge in [0.15, 0.2) is 0 Å². The molecule has 2 heterocycles. The summed E-state index contributed by atoms with van der Waals surface area (Å²) in [5, 5.41) is 5.10. The van der Waals surface area contributed by atoms with Crippen molar-refractivity contribution in [2.75, 3.05) is 11.9 Å². The van der Waals surface area contributed by atoms with Crippen LogP contribution in [0, 0.1) is 0 Å². The molecule has 2 rings (SSSR count). The van der Waals surface area contributed by atoms with Gasteiger partial charge < -0.3 is 4.74 Å². The molecule has 1 aliphatic heterocycles. The van der Waals surface area contributed by atoms with Crippen LogP contribution in [0.2, 0.25) is 0 Å². The minimum atomic E-state index is 0.00127. The Bertz CT molecular complexity index is 318. The van der Waals surface area contributed by atoms with E-state index in [4.69, 9.17) is 4.74 Å². The van der Waals surface area contributed by atoms with Gasteiger partial charge in [-0.25, -0.2) is 0 Å². The van der Waals surface area contributed by atoms with E-state index in [9.17, 15) is 0 Å². The average molecular weight is 273 g/mol. The normalized spacial score (nSPS) is 26.8. The van der Waals surface area contributed by atoms with Crippen LogP contribution in [-0.2, 0) is 18.2 Å². The lowest BCUT2D eigenvalue weighted by molar-refractivity contribution is -0.0597. The molecule has 84 valence electrons. The zero-order valence-electron chi connectivity index (χ0n) is 9.08. The molecule has 0 amide bonds. The summed E-state index contributed by atoms with van der Waals surface area (Å²) < 4.78 is 7.79. The Kier molecular flexibility index (Phi) is 3.46. The maximum absolute atomic E-state index is 5.94. The standard InChI is InChI=1S/C11H17BrN2O/c1-14-8-10(7-13-14)6-11(9-12)4-2-3-5-15-11/h7-8H,2-6,9H2,1H3. The smallest absolute Gasteiger partial charge is 0.0820 e. The number of nitrogens with zero attached hydrogens (tertiary/aromatic N) is 2. The molecule has 0 spiro atoms. The average Bonchev–Trinajstić information content (AvgIpc) is 2.65. The van der Waals surface area contributed by atoms with E-state index in [0.29, 0.717) is 0 Å². The van der Waals surface area contributed by atoms with Crippen LogP contribution in [0.3, 0.4) is 0 Å². The van der Waals surface area contributed by atoms with Crippen molar-refractivity contribution in [1.82, 2.24) is 9.78 Å². The maximum Gasteiger partial charge on any atom is 0.0820 e. The van der Waals surface area contributed by atoms with Crippen molar-refractivity contribution in [3.63, 3.8) is 0 Å². The number of hydrogen-bond donors (Lipinski definition) is 0. The number of rotatable bonds is 3. The Morgan fingerprint density at radius 3 is 3.00 bits per heavy atom. The van der Waals surface area contributed by atoms with Gasteiger partial charge in [0, 0.05) is 31.6 Å². The summed E-state index contributed by atoms with van der Waals surface area (Å²) in [7, 11) is 1.95. The molecule has 1 aromatic rings. The van der Waals surface area contributed by atoms with Gasteiger partial charge in [-0.2, -0.15) is 5.10 Å². The second kappa shape index (κ2) is 4.66. The van der Waals surface area contributed by atoms with E-state index < -0.39 is 0 Å². The van der Waals surface area contributed by atoms with E-state index in [2.05, 4.69) is 27.2 Å². The Hall–Kier alpha value is -0.350. The highest BCUT2D eigenvalue weighted by atomic mass is 79.9. The SMILES string of the molecule is Cn1cc(CC2(CBr)CCCCO2)cn1. The highest BCUT2D eigenvalue weighted by molar-refractivity contribution is 9.09. The number of ether oxygens (including phenoxy) is 1. The summed E-state index contributed by atoms with van der Waals surface area (Å²) in [5.74, 6) is 0. The largest absolute Gasteiger partial charge is 0.374 e. The molecule has 0 aromatic carbocycles. The summed E-state index contributed by atoms with van der Waals surface area (Å²) >= 11 is 3.58. The second-order valence-electron chi connectivity index (χ2n) is 4.32. The third kappa shape index (κ3) is 2.61. The first-order chi connectivity index (χ1) is 7.24. The van der Waals surface area contributed by atoms with Gasteiger partial charge in [-0.1, -0.05) is 15.9 Å². The molecule has 0 bridgehead atoms. The van der Waals surface area contributed by atoms with Crippen LogP contribution >= 0.6 is 15.9 Å². The number of hydrogen-bond acceptors (Lipinski definition) is 2. The molecular formula is C11H17BrN2O. The highest BCUT2D eigenvalue weighted by Crippen LogP contribution is 2.30. The number of halogens is 1. The molecule has 1 aliphatic rings. The van der Waals surface area contributed by atoms with E-state index in [1.54, 1.807) is 0 Å². The van der Waals surface area contributed by atoms with Crippen LogP contribution in [0.1, 0.15) is 24.8 Å². The summed E-state index contributed by atoms with van der Waals surface area (Å²) in [6.07, 6.45) is 8.58. The minimum Gasteiger partial charge on any atom is -0.374 e. The molecule has 1 fully saturated rings. The van der Waals surface area contributed by atoms with Gasteiger partial charge in [0.05, 0.1) is 11.8 Å². The van der Waals surface area contributed by atoms with Crippen molar-refractivity contribution in [2.45, 2.75) is 31.3 Å². The first-order valence-corrected chi connectivity index (χ1v) is 6.54. The molecule has 3 nitrogen and oxygen atoms in total. The van der Waals surface area contributed by atoms with Gasteiger partial charge in [0.2, 0.25) is 0 Å². The van der Waals surface area contributed by atoms with Crippen molar-refractivity contribution < 1.29 is 4.74 Å². The molecule has 4 heteroatoms. The first kappa shape index (κ1) is 11.1. The third-order valence-electron chi connectivity index (χ3n) is 2.96. The topological polar surface area (TPSA) is 27.1 Å². The number of aryl methyl sites for hydroxylation is 1.